The summed E-state index contributed by atoms with van der Waals surface area (Å²) in [6.45, 7) is 0.561. The average molecular weight is 278 g/mol. The van der Waals surface area contributed by atoms with Gasteiger partial charge in [0, 0.05) is 23.9 Å². The van der Waals surface area contributed by atoms with Crippen molar-refractivity contribution in [3.05, 3.63) is 42.2 Å². The van der Waals surface area contributed by atoms with Gasteiger partial charge in [-0.2, -0.15) is 5.10 Å². The van der Waals surface area contributed by atoms with E-state index in [1.165, 1.54) is 12.1 Å². The van der Waals surface area contributed by atoms with Crippen LogP contribution in [0.15, 0.2) is 41.6 Å². The van der Waals surface area contributed by atoms with Crippen molar-refractivity contribution in [2.75, 3.05) is 12.4 Å². The predicted molar refractivity (Wildman–Crippen MR) is 72.8 cm³/mol. The van der Waals surface area contributed by atoms with E-state index in [1.807, 2.05) is 19.4 Å². The van der Waals surface area contributed by atoms with Gasteiger partial charge in [-0.1, -0.05) is 0 Å². The van der Waals surface area contributed by atoms with Crippen LogP contribution in [-0.4, -0.2) is 33.2 Å². The number of ether oxygens (including phenoxy) is 1. The third kappa shape index (κ3) is 4.03. The van der Waals surface area contributed by atoms with Gasteiger partial charge < -0.3 is 9.84 Å². The number of aromatic nitrogens is 2. The van der Waals surface area contributed by atoms with Crippen LogP contribution in [0.4, 0.5) is 0 Å². The molecule has 0 unspecified atom stereocenters. The molecule has 0 fully saturated rings. The molecule has 100 valence electrons. The predicted octanol–water partition coefficient (Wildman–Crippen LogP) is 2.29. The Balaban J connectivity index is 1.75. The van der Waals surface area contributed by atoms with E-state index in [9.17, 15) is 4.79 Å². The van der Waals surface area contributed by atoms with Crippen LogP contribution in [0.2, 0.25) is 0 Å². The van der Waals surface area contributed by atoms with Crippen LogP contribution in [0.3, 0.4) is 0 Å². The zero-order valence-corrected chi connectivity index (χ0v) is 11.3. The van der Waals surface area contributed by atoms with Crippen LogP contribution in [0, 0.1) is 0 Å². The Morgan fingerprint density at radius 2 is 2.16 bits per heavy atom. The highest BCUT2D eigenvalue weighted by Crippen LogP contribution is 2.17. The van der Waals surface area contributed by atoms with Crippen LogP contribution < -0.4 is 4.74 Å². The van der Waals surface area contributed by atoms with Gasteiger partial charge in [-0.25, -0.2) is 4.79 Å². The van der Waals surface area contributed by atoms with Gasteiger partial charge in [0.1, 0.15) is 5.75 Å². The van der Waals surface area contributed by atoms with Crippen molar-refractivity contribution in [2.45, 2.75) is 4.90 Å². The van der Waals surface area contributed by atoms with Crippen molar-refractivity contribution in [1.82, 2.24) is 9.78 Å². The summed E-state index contributed by atoms with van der Waals surface area (Å²) in [5.74, 6) is 0.558. The van der Waals surface area contributed by atoms with Gasteiger partial charge in [-0.3, -0.25) is 4.68 Å². The summed E-state index contributed by atoms with van der Waals surface area (Å²) in [6, 6.07) is 6.40. The molecule has 0 saturated heterocycles. The van der Waals surface area contributed by atoms with E-state index >= 15 is 0 Å². The maximum atomic E-state index is 10.7. The lowest BCUT2D eigenvalue weighted by atomic mass is 10.2. The van der Waals surface area contributed by atoms with E-state index in [0.717, 1.165) is 10.6 Å². The van der Waals surface area contributed by atoms with E-state index in [-0.39, 0.29) is 5.56 Å². The summed E-state index contributed by atoms with van der Waals surface area (Å²) in [5.41, 5.74) is 0.261. The molecule has 5 nitrogen and oxygen atoms in total. The number of nitrogens with zero attached hydrogens (tertiary/aromatic N) is 2. The molecule has 0 aliphatic rings. The van der Waals surface area contributed by atoms with Crippen molar-refractivity contribution in [1.29, 1.82) is 0 Å². The number of carboxylic acids is 1. The highest BCUT2D eigenvalue weighted by atomic mass is 32.2. The molecule has 2 rings (SSSR count). The zero-order valence-electron chi connectivity index (χ0n) is 10.4. The summed E-state index contributed by atoms with van der Waals surface area (Å²) in [5, 5.41) is 12.8. The Labute approximate surface area is 115 Å². The van der Waals surface area contributed by atoms with E-state index in [4.69, 9.17) is 9.84 Å². The van der Waals surface area contributed by atoms with Gasteiger partial charge in [0.05, 0.1) is 18.4 Å². The van der Waals surface area contributed by atoms with Crippen molar-refractivity contribution in [3.63, 3.8) is 0 Å². The van der Waals surface area contributed by atoms with E-state index in [2.05, 4.69) is 5.10 Å². The second-order valence-corrected chi connectivity index (χ2v) is 5.04. The summed E-state index contributed by atoms with van der Waals surface area (Å²) in [6.07, 6.45) is 3.76. The zero-order chi connectivity index (χ0) is 13.7. The average Bonchev–Trinajstić information content (AvgIpc) is 2.81. The minimum atomic E-state index is -0.932. The molecule has 1 aromatic heterocycles. The minimum absolute atomic E-state index is 0.261. The molecule has 0 aliphatic heterocycles. The van der Waals surface area contributed by atoms with Gasteiger partial charge in [0.15, 0.2) is 0 Å². The first kappa shape index (κ1) is 13.5. The lowest BCUT2D eigenvalue weighted by Crippen LogP contribution is -2.01. The first-order valence-corrected chi connectivity index (χ1v) is 6.71. The first-order valence-electron chi connectivity index (χ1n) is 5.73. The Bertz CT molecular complexity index is 551. The quantitative estimate of drug-likeness (QED) is 0.649. The molecule has 0 saturated carbocycles. The molecular weight excluding hydrogens is 264 g/mol. The van der Waals surface area contributed by atoms with Crippen molar-refractivity contribution in [2.24, 2.45) is 7.05 Å². The minimum Gasteiger partial charge on any atom is -0.493 e. The molecule has 1 N–H and O–H groups in total. The SMILES string of the molecule is Cn1cc(SCCOc2ccc(C(=O)O)cc2)cn1. The maximum Gasteiger partial charge on any atom is 0.335 e. The number of hydrogen-bond donors (Lipinski definition) is 1. The molecule has 0 aliphatic carbocycles. The number of rotatable bonds is 6. The molecule has 0 radical (unpaired) electrons. The number of aryl methyl sites for hydroxylation is 1. The second-order valence-electron chi connectivity index (χ2n) is 3.88. The second kappa shape index (κ2) is 6.29. The highest BCUT2D eigenvalue weighted by Gasteiger charge is 2.02. The molecule has 1 aromatic carbocycles. The van der Waals surface area contributed by atoms with Crippen LogP contribution in [0.25, 0.3) is 0 Å². The number of benzene rings is 1. The smallest absolute Gasteiger partial charge is 0.335 e. The van der Waals surface area contributed by atoms with Crippen LogP contribution in [0.1, 0.15) is 10.4 Å². The Kier molecular flexibility index (Phi) is 4.46. The Morgan fingerprint density at radius 1 is 1.42 bits per heavy atom. The lowest BCUT2D eigenvalue weighted by molar-refractivity contribution is 0.0697. The number of hydrogen-bond acceptors (Lipinski definition) is 4. The van der Waals surface area contributed by atoms with Crippen molar-refractivity contribution >= 4 is 17.7 Å². The van der Waals surface area contributed by atoms with Crippen molar-refractivity contribution < 1.29 is 14.6 Å². The number of aromatic carboxylic acids is 1. The third-order valence-corrected chi connectivity index (χ3v) is 3.32. The fraction of sp³-hybridized carbons (Fsp3) is 0.231. The van der Waals surface area contributed by atoms with Gasteiger partial charge >= 0.3 is 5.97 Å². The molecule has 1 heterocycles. The number of thioether (sulfide) groups is 1. The lowest BCUT2D eigenvalue weighted by Gasteiger charge is -2.05. The molecule has 2 aromatic rings. The van der Waals surface area contributed by atoms with Crippen LogP contribution in [-0.2, 0) is 7.05 Å². The largest absolute Gasteiger partial charge is 0.493 e. The molecule has 0 atom stereocenters. The fourth-order valence-corrected chi connectivity index (χ4v) is 2.24. The fourth-order valence-electron chi connectivity index (χ4n) is 1.49. The molecule has 19 heavy (non-hydrogen) atoms. The van der Waals surface area contributed by atoms with Crippen LogP contribution >= 0.6 is 11.8 Å². The Hall–Kier alpha value is -1.95. The van der Waals surface area contributed by atoms with Gasteiger partial charge in [0.2, 0.25) is 0 Å². The summed E-state index contributed by atoms with van der Waals surface area (Å²) >= 11 is 1.67. The number of carbonyl (C=O) groups is 1. The summed E-state index contributed by atoms with van der Waals surface area (Å²) in [4.78, 5) is 11.8. The van der Waals surface area contributed by atoms with Gasteiger partial charge in [-0.05, 0) is 24.3 Å². The first-order chi connectivity index (χ1) is 9.15. The molecule has 6 heteroatoms. The number of carboxylic acid groups (broad SMARTS) is 1. The van der Waals surface area contributed by atoms with E-state index in [0.29, 0.717) is 12.4 Å². The summed E-state index contributed by atoms with van der Waals surface area (Å²) < 4.78 is 7.29. The van der Waals surface area contributed by atoms with E-state index < -0.39 is 5.97 Å². The van der Waals surface area contributed by atoms with Crippen molar-refractivity contribution in [3.8, 4) is 5.75 Å². The standard InChI is InChI=1S/C13H14N2O3S/c1-15-9-12(8-14-15)19-7-6-18-11-4-2-10(3-5-11)13(16)17/h2-5,8-9H,6-7H2,1H3,(H,16,17). The van der Waals surface area contributed by atoms with Crippen LogP contribution in [0.5, 0.6) is 5.75 Å². The molecule has 0 bridgehead atoms. The molecule has 0 amide bonds. The van der Waals surface area contributed by atoms with Gasteiger partial charge in [-0.15, -0.1) is 11.8 Å². The normalized spacial score (nSPS) is 10.4. The molecule has 0 spiro atoms. The third-order valence-electron chi connectivity index (χ3n) is 2.40. The van der Waals surface area contributed by atoms with E-state index in [1.54, 1.807) is 28.6 Å². The Morgan fingerprint density at radius 3 is 2.74 bits per heavy atom. The topological polar surface area (TPSA) is 64.3 Å². The molecular formula is C13H14N2O3S. The highest BCUT2D eigenvalue weighted by molar-refractivity contribution is 7.99. The maximum absolute atomic E-state index is 10.7. The van der Waals surface area contributed by atoms with Gasteiger partial charge in [0.25, 0.3) is 0 Å². The monoisotopic (exact) mass is 278 g/mol. The summed E-state index contributed by atoms with van der Waals surface area (Å²) in [7, 11) is 1.88.